The fraction of sp³-hybridized carbons (Fsp3) is 1.00. The van der Waals surface area contributed by atoms with Gasteiger partial charge in [0.05, 0.1) is 0 Å². The van der Waals surface area contributed by atoms with Crippen LogP contribution in [0.25, 0.3) is 0 Å². The molecule has 0 rings (SSSR count). The third-order valence-corrected chi connectivity index (χ3v) is 7.96. The molecule has 0 aromatic carbocycles. The molecule has 3 heteroatoms. The van der Waals surface area contributed by atoms with Gasteiger partial charge in [-0.25, -0.2) is 0 Å². The lowest BCUT2D eigenvalue weighted by molar-refractivity contribution is 0.241. The summed E-state index contributed by atoms with van der Waals surface area (Å²) in [5, 5.41) is 0.256. The quantitative estimate of drug-likeness (QED) is 0.494. The van der Waals surface area contributed by atoms with Gasteiger partial charge in [0.1, 0.15) is 5.56 Å². The highest BCUT2D eigenvalue weighted by atomic mass is 35.5. The molecule has 14 heavy (non-hydrogen) atoms. The van der Waals surface area contributed by atoms with Gasteiger partial charge >= 0.3 is 0 Å². The average Bonchev–Trinajstić information content (AvgIpc) is 1.97. The molecule has 86 valence electrons. The first-order valence-corrected chi connectivity index (χ1v) is 8.87. The molecule has 0 bridgehead atoms. The molecule has 1 nitrogen and oxygen atoms in total. The van der Waals surface area contributed by atoms with E-state index >= 15 is 0 Å². The van der Waals surface area contributed by atoms with Crippen molar-refractivity contribution < 1.29 is 4.43 Å². The van der Waals surface area contributed by atoms with Crippen LogP contribution in [0.15, 0.2) is 0 Å². The summed E-state index contributed by atoms with van der Waals surface area (Å²) in [4.78, 5) is 0. The fourth-order valence-corrected chi connectivity index (χ4v) is 2.85. The van der Waals surface area contributed by atoms with Gasteiger partial charge in [0.15, 0.2) is 8.32 Å². The topological polar surface area (TPSA) is 9.23 Å². The van der Waals surface area contributed by atoms with Crippen molar-refractivity contribution in [3.05, 3.63) is 0 Å². The highest BCUT2D eigenvalue weighted by Crippen LogP contribution is 2.38. The van der Waals surface area contributed by atoms with Crippen LogP contribution in [0.3, 0.4) is 0 Å². The van der Waals surface area contributed by atoms with Gasteiger partial charge in [-0.2, -0.15) is 0 Å². The van der Waals surface area contributed by atoms with Crippen molar-refractivity contribution in [2.75, 3.05) is 0 Å². The molecule has 0 amide bonds. The van der Waals surface area contributed by atoms with Crippen molar-refractivity contribution in [3.8, 4) is 0 Å². The molecule has 0 fully saturated rings. The minimum absolute atomic E-state index is 0.0872. The predicted molar refractivity (Wildman–Crippen MR) is 67.4 cm³/mol. The van der Waals surface area contributed by atoms with Gasteiger partial charge in [0.2, 0.25) is 0 Å². The van der Waals surface area contributed by atoms with Gasteiger partial charge < -0.3 is 4.43 Å². The number of unbranched alkanes of at least 4 members (excludes halogenated alkanes) is 1. The number of alkyl halides is 1. The molecule has 1 atom stereocenters. The molecule has 0 aliphatic heterocycles. The van der Waals surface area contributed by atoms with Gasteiger partial charge in [-0.05, 0) is 31.0 Å². The highest BCUT2D eigenvalue weighted by molar-refractivity contribution is 6.74. The van der Waals surface area contributed by atoms with E-state index in [9.17, 15) is 0 Å². The van der Waals surface area contributed by atoms with Crippen molar-refractivity contribution in [1.82, 2.24) is 0 Å². The number of halogens is 1. The Morgan fingerprint density at radius 1 is 1.29 bits per heavy atom. The van der Waals surface area contributed by atoms with Crippen molar-refractivity contribution in [1.29, 1.82) is 0 Å². The Labute approximate surface area is 95.3 Å². The largest absolute Gasteiger partial charge is 0.401 e. The van der Waals surface area contributed by atoms with Crippen LogP contribution in [0.5, 0.6) is 0 Å². The Morgan fingerprint density at radius 3 is 2.14 bits per heavy atom. The molecule has 0 N–H and O–H groups in total. The van der Waals surface area contributed by atoms with E-state index in [1.165, 1.54) is 6.42 Å². The molecule has 0 heterocycles. The monoisotopic (exact) mass is 236 g/mol. The second-order valence-electron chi connectivity index (χ2n) is 5.43. The van der Waals surface area contributed by atoms with Gasteiger partial charge in [-0.3, -0.25) is 0 Å². The molecule has 1 unspecified atom stereocenters. The van der Waals surface area contributed by atoms with E-state index in [0.717, 1.165) is 12.8 Å². The summed E-state index contributed by atoms with van der Waals surface area (Å²) in [5.74, 6) is 0. The third-order valence-electron chi connectivity index (χ3n) is 3.01. The summed E-state index contributed by atoms with van der Waals surface area (Å²) < 4.78 is 6.01. The maximum absolute atomic E-state index is 6.16. The van der Waals surface area contributed by atoms with Crippen LogP contribution in [-0.4, -0.2) is 13.9 Å². The molecule has 0 aliphatic carbocycles. The summed E-state index contributed by atoms with van der Waals surface area (Å²) in [6.07, 6.45) is 3.32. The molecule has 0 aliphatic rings. The fourth-order valence-electron chi connectivity index (χ4n) is 0.920. The highest BCUT2D eigenvalue weighted by Gasteiger charge is 2.38. The van der Waals surface area contributed by atoms with Crippen LogP contribution in [-0.2, 0) is 4.43 Å². The second-order valence-corrected chi connectivity index (χ2v) is 10.7. The zero-order valence-electron chi connectivity index (χ0n) is 10.5. The first kappa shape index (κ1) is 14.5. The molecular weight excluding hydrogens is 212 g/mol. The zero-order chi connectivity index (χ0) is 11.4. The summed E-state index contributed by atoms with van der Waals surface area (Å²) in [7, 11) is -1.65. The van der Waals surface area contributed by atoms with E-state index in [1.807, 2.05) is 0 Å². The smallest absolute Gasteiger partial charge is 0.194 e. The predicted octanol–water partition coefficient (Wildman–Crippen LogP) is 4.76. The van der Waals surface area contributed by atoms with E-state index < -0.39 is 8.32 Å². The first-order chi connectivity index (χ1) is 6.20. The summed E-state index contributed by atoms with van der Waals surface area (Å²) in [6, 6.07) is 0. The van der Waals surface area contributed by atoms with E-state index in [2.05, 4.69) is 40.8 Å². The van der Waals surface area contributed by atoms with Gasteiger partial charge in [-0.15, -0.1) is 0 Å². The van der Waals surface area contributed by atoms with Crippen LogP contribution >= 0.6 is 11.6 Å². The molecule has 0 saturated carbocycles. The summed E-state index contributed by atoms with van der Waals surface area (Å²) in [5.41, 5.74) is -0.0872. The van der Waals surface area contributed by atoms with Gasteiger partial charge in [-0.1, -0.05) is 45.7 Å². The Kier molecular flexibility index (Phi) is 5.71. The van der Waals surface area contributed by atoms with Gasteiger partial charge in [0.25, 0.3) is 0 Å². The van der Waals surface area contributed by atoms with Crippen LogP contribution in [0.2, 0.25) is 18.1 Å². The number of hydrogen-bond acceptors (Lipinski definition) is 1. The Bertz CT molecular complexity index is 163. The first-order valence-electron chi connectivity index (χ1n) is 5.52. The van der Waals surface area contributed by atoms with Crippen molar-refractivity contribution in [2.45, 2.75) is 70.7 Å². The Hall–Kier alpha value is 0.467. The molecule has 0 spiro atoms. The Morgan fingerprint density at radius 2 is 1.79 bits per heavy atom. The molecule has 0 radical (unpaired) electrons. The molecular formula is C11H25ClOSi. The van der Waals surface area contributed by atoms with Crippen molar-refractivity contribution >= 4 is 19.9 Å². The minimum Gasteiger partial charge on any atom is -0.401 e. The Balaban J connectivity index is 4.08. The van der Waals surface area contributed by atoms with Gasteiger partial charge in [0, 0.05) is 0 Å². The second kappa shape index (κ2) is 5.52. The van der Waals surface area contributed by atoms with Crippen molar-refractivity contribution in [3.63, 3.8) is 0 Å². The van der Waals surface area contributed by atoms with Crippen LogP contribution < -0.4 is 0 Å². The normalized spacial score (nSPS) is 15.6. The molecule has 0 saturated heterocycles. The maximum atomic E-state index is 6.16. The lowest BCUT2D eigenvalue weighted by Crippen LogP contribution is -2.42. The minimum atomic E-state index is -1.65. The number of hydrogen-bond donors (Lipinski definition) is 0. The SMILES string of the molecule is CCCCC(Cl)O[Si](C)(C)C(C)(C)C. The zero-order valence-corrected chi connectivity index (χ0v) is 12.2. The maximum Gasteiger partial charge on any atom is 0.194 e. The van der Waals surface area contributed by atoms with Crippen LogP contribution in [0.1, 0.15) is 47.0 Å². The summed E-state index contributed by atoms with van der Waals surface area (Å²) >= 11 is 6.16. The molecule has 0 aromatic rings. The average molecular weight is 237 g/mol. The van der Waals surface area contributed by atoms with Crippen molar-refractivity contribution in [2.24, 2.45) is 0 Å². The molecule has 0 aromatic heterocycles. The lowest BCUT2D eigenvalue weighted by atomic mass is 10.2. The lowest BCUT2D eigenvalue weighted by Gasteiger charge is -2.37. The standard InChI is InChI=1S/C11H25ClOSi/c1-7-8-9-10(12)13-14(5,6)11(2,3)4/h10H,7-9H2,1-6H3. The summed E-state index contributed by atoms with van der Waals surface area (Å²) in [6.45, 7) is 13.4. The third kappa shape index (κ3) is 4.81. The van der Waals surface area contributed by atoms with Crippen LogP contribution in [0, 0.1) is 0 Å². The van der Waals surface area contributed by atoms with Crippen LogP contribution in [0.4, 0.5) is 0 Å². The van der Waals surface area contributed by atoms with E-state index in [0.29, 0.717) is 0 Å². The van der Waals surface area contributed by atoms with E-state index in [1.54, 1.807) is 0 Å². The number of rotatable bonds is 5. The van der Waals surface area contributed by atoms with E-state index in [4.69, 9.17) is 16.0 Å². The van der Waals surface area contributed by atoms with E-state index in [-0.39, 0.29) is 10.6 Å².